The van der Waals surface area contributed by atoms with Crippen LogP contribution in [0.4, 0.5) is 0 Å². The van der Waals surface area contributed by atoms with Crippen LogP contribution in [0.1, 0.15) is 22.3 Å². The molecule has 0 fully saturated rings. The number of ketones is 1. The van der Waals surface area contributed by atoms with Crippen molar-refractivity contribution in [3.63, 3.8) is 0 Å². The lowest BCUT2D eigenvalue weighted by molar-refractivity contribution is -0.139. The van der Waals surface area contributed by atoms with E-state index in [1.54, 1.807) is 18.2 Å². The van der Waals surface area contributed by atoms with E-state index in [9.17, 15) is 14.4 Å². The summed E-state index contributed by atoms with van der Waals surface area (Å²) in [4.78, 5) is 38.0. The first kappa shape index (κ1) is 16.7. The predicted octanol–water partition coefficient (Wildman–Crippen LogP) is 1.78. The third kappa shape index (κ3) is 2.12. The van der Waals surface area contributed by atoms with Gasteiger partial charge in [-0.3, -0.25) is 4.79 Å². The number of esters is 2. The predicted molar refractivity (Wildman–Crippen MR) is 90.4 cm³/mol. The summed E-state index contributed by atoms with van der Waals surface area (Å²) in [6.45, 7) is 0. The number of ether oxygens (including phenoxy) is 3. The number of rotatable bonds is 3. The Balaban J connectivity index is 1.84. The largest absolute Gasteiger partial charge is 0.466 e. The van der Waals surface area contributed by atoms with Crippen LogP contribution in [0.5, 0.6) is 0 Å². The summed E-state index contributed by atoms with van der Waals surface area (Å²) in [6, 6.07) is 7.43. The Morgan fingerprint density at radius 2 is 1.88 bits per heavy atom. The van der Waals surface area contributed by atoms with Gasteiger partial charge < -0.3 is 14.2 Å². The minimum Gasteiger partial charge on any atom is -0.466 e. The number of methoxy groups -OCH3 is 2. The number of carbonyl (C=O) groups is 3. The summed E-state index contributed by atoms with van der Waals surface area (Å²) in [5.74, 6) is -2.02. The highest BCUT2D eigenvalue weighted by Gasteiger charge is 2.60. The lowest BCUT2D eigenvalue weighted by atomic mass is 9.69. The van der Waals surface area contributed by atoms with Crippen molar-refractivity contribution in [1.29, 1.82) is 0 Å². The summed E-state index contributed by atoms with van der Waals surface area (Å²) < 4.78 is 15.8. The van der Waals surface area contributed by atoms with Crippen LogP contribution in [0.3, 0.4) is 0 Å². The lowest BCUT2D eigenvalue weighted by Crippen LogP contribution is -2.46. The summed E-state index contributed by atoms with van der Waals surface area (Å²) in [5.41, 5.74) is 0.532. The van der Waals surface area contributed by atoms with Crippen LogP contribution >= 0.6 is 0 Å². The molecule has 0 spiro atoms. The van der Waals surface area contributed by atoms with Gasteiger partial charge in [0.25, 0.3) is 0 Å². The second-order valence-corrected chi connectivity index (χ2v) is 6.58. The molecule has 0 aromatic heterocycles. The van der Waals surface area contributed by atoms with E-state index in [0.717, 1.165) is 5.56 Å². The number of hydrogen-bond donors (Lipinski definition) is 0. The smallest absolute Gasteiger partial charge is 0.337 e. The average molecular weight is 354 g/mol. The molecule has 2 aliphatic heterocycles. The van der Waals surface area contributed by atoms with Crippen molar-refractivity contribution in [2.45, 2.75) is 24.5 Å². The number of carbonyl (C=O) groups excluding carboxylic acids is 3. The molecule has 1 aromatic rings. The van der Waals surface area contributed by atoms with Crippen molar-refractivity contribution < 1.29 is 28.6 Å². The van der Waals surface area contributed by atoms with Crippen molar-refractivity contribution in [2.75, 3.05) is 14.2 Å². The normalized spacial score (nSPS) is 28.9. The third-order valence-corrected chi connectivity index (χ3v) is 5.40. The number of benzene rings is 1. The van der Waals surface area contributed by atoms with E-state index >= 15 is 0 Å². The summed E-state index contributed by atoms with van der Waals surface area (Å²) in [6.07, 6.45) is 3.92. The second kappa shape index (κ2) is 5.92. The molecule has 1 aromatic carbocycles. The van der Waals surface area contributed by atoms with Crippen molar-refractivity contribution in [1.82, 2.24) is 0 Å². The molecule has 0 radical (unpaired) electrons. The van der Waals surface area contributed by atoms with Gasteiger partial charge in [-0.25, -0.2) is 9.59 Å². The Labute approximate surface area is 150 Å². The standard InChI is InChI=1S/C20H18O6/c1-24-18(22)15-14-9-10-20(26-14,16(15)19(23)25-2)13-8-7-11-5-3-4-6-12(11)17(13)21/h3-6,9-10,13-14H,7-8H2,1-2H3/t13-,14+,20+/m1/s1. The topological polar surface area (TPSA) is 78.9 Å². The van der Waals surface area contributed by atoms with Gasteiger partial charge in [-0.1, -0.05) is 30.3 Å². The Morgan fingerprint density at radius 3 is 2.62 bits per heavy atom. The fraction of sp³-hybridized carbons (Fsp3) is 0.350. The molecule has 3 atom stereocenters. The first-order valence-electron chi connectivity index (χ1n) is 8.44. The fourth-order valence-electron chi connectivity index (χ4n) is 4.25. The molecule has 2 bridgehead atoms. The molecule has 6 heteroatoms. The number of Topliss-reactive ketones (excluding diaryl/α,β-unsaturated/α-hetero) is 1. The molecule has 4 rings (SSSR count). The maximum absolute atomic E-state index is 13.2. The molecule has 0 unspecified atom stereocenters. The van der Waals surface area contributed by atoms with Gasteiger partial charge in [0, 0.05) is 5.56 Å². The van der Waals surface area contributed by atoms with Crippen molar-refractivity contribution in [3.05, 3.63) is 58.7 Å². The van der Waals surface area contributed by atoms with Crippen LogP contribution in [0.25, 0.3) is 0 Å². The summed E-state index contributed by atoms with van der Waals surface area (Å²) in [7, 11) is 2.49. The quantitative estimate of drug-likeness (QED) is 0.608. The SMILES string of the molecule is COC(=O)C1=C(C(=O)OC)[C@@]2([C@@H]3CCc4ccccc4C3=O)C=C[C@@H]1O2. The van der Waals surface area contributed by atoms with E-state index in [2.05, 4.69) is 0 Å². The van der Waals surface area contributed by atoms with Crippen molar-refractivity contribution in [2.24, 2.45) is 5.92 Å². The van der Waals surface area contributed by atoms with Gasteiger partial charge >= 0.3 is 11.9 Å². The van der Waals surface area contributed by atoms with E-state index < -0.39 is 29.6 Å². The van der Waals surface area contributed by atoms with Gasteiger partial charge in [0.1, 0.15) is 11.7 Å². The fourth-order valence-corrected chi connectivity index (χ4v) is 4.25. The molecule has 1 aliphatic carbocycles. The molecule has 2 heterocycles. The van der Waals surface area contributed by atoms with Crippen LogP contribution in [-0.2, 0) is 30.2 Å². The zero-order chi connectivity index (χ0) is 18.5. The molecule has 0 saturated heterocycles. The van der Waals surface area contributed by atoms with Crippen molar-refractivity contribution >= 4 is 17.7 Å². The van der Waals surface area contributed by atoms with Crippen LogP contribution in [-0.4, -0.2) is 43.6 Å². The molecular formula is C20H18O6. The molecule has 0 amide bonds. The first-order chi connectivity index (χ1) is 12.5. The zero-order valence-corrected chi connectivity index (χ0v) is 14.5. The highest BCUT2D eigenvalue weighted by Crippen LogP contribution is 2.51. The Bertz CT molecular complexity index is 880. The lowest BCUT2D eigenvalue weighted by Gasteiger charge is -2.36. The Kier molecular flexibility index (Phi) is 3.80. The average Bonchev–Trinajstić information content (AvgIpc) is 3.24. The molecule has 6 nitrogen and oxygen atoms in total. The Hall–Kier alpha value is -2.73. The molecule has 3 aliphatic rings. The summed E-state index contributed by atoms with van der Waals surface area (Å²) >= 11 is 0. The molecular weight excluding hydrogens is 336 g/mol. The first-order valence-corrected chi connectivity index (χ1v) is 8.44. The Morgan fingerprint density at radius 1 is 1.15 bits per heavy atom. The molecule has 134 valence electrons. The van der Waals surface area contributed by atoms with Gasteiger partial charge in [0.05, 0.1) is 31.3 Å². The van der Waals surface area contributed by atoms with Crippen molar-refractivity contribution in [3.8, 4) is 0 Å². The zero-order valence-electron chi connectivity index (χ0n) is 14.5. The van der Waals surface area contributed by atoms with Crippen LogP contribution in [0.15, 0.2) is 47.6 Å². The monoisotopic (exact) mass is 354 g/mol. The van der Waals surface area contributed by atoms with E-state index in [0.29, 0.717) is 18.4 Å². The number of hydrogen-bond acceptors (Lipinski definition) is 6. The minimum atomic E-state index is -1.29. The summed E-state index contributed by atoms with van der Waals surface area (Å²) in [5, 5.41) is 0. The molecule has 0 N–H and O–H groups in total. The molecule has 0 saturated carbocycles. The van der Waals surface area contributed by atoms with Crippen LogP contribution in [0.2, 0.25) is 0 Å². The van der Waals surface area contributed by atoms with E-state index in [1.807, 2.05) is 18.2 Å². The maximum atomic E-state index is 13.2. The van der Waals surface area contributed by atoms with Gasteiger partial charge in [0.2, 0.25) is 0 Å². The number of fused-ring (bicyclic) bond motifs is 3. The maximum Gasteiger partial charge on any atom is 0.337 e. The highest BCUT2D eigenvalue weighted by molar-refractivity contribution is 6.08. The van der Waals surface area contributed by atoms with Gasteiger partial charge in [-0.2, -0.15) is 0 Å². The van der Waals surface area contributed by atoms with E-state index in [1.165, 1.54) is 14.2 Å². The van der Waals surface area contributed by atoms with Gasteiger partial charge in [-0.05, 0) is 24.5 Å². The van der Waals surface area contributed by atoms with Crippen LogP contribution in [0, 0.1) is 5.92 Å². The van der Waals surface area contributed by atoms with Gasteiger partial charge in [-0.15, -0.1) is 0 Å². The minimum absolute atomic E-state index is 0.0806. The molecule has 26 heavy (non-hydrogen) atoms. The third-order valence-electron chi connectivity index (χ3n) is 5.40. The highest BCUT2D eigenvalue weighted by atomic mass is 16.6. The second-order valence-electron chi connectivity index (χ2n) is 6.58. The van der Waals surface area contributed by atoms with E-state index in [4.69, 9.17) is 14.2 Å². The number of aryl methyl sites for hydroxylation is 1. The van der Waals surface area contributed by atoms with E-state index in [-0.39, 0.29) is 16.9 Å². The van der Waals surface area contributed by atoms with Crippen LogP contribution < -0.4 is 0 Å². The van der Waals surface area contributed by atoms with Gasteiger partial charge in [0.15, 0.2) is 5.78 Å².